The highest BCUT2D eigenvalue weighted by Crippen LogP contribution is 2.35. The van der Waals surface area contributed by atoms with Crippen molar-refractivity contribution in [1.29, 1.82) is 0 Å². The van der Waals surface area contributed by atoms with Crippen molar-refractivity contribution in [2.45, 2.75) is 51.5 Å². The van der Waals surface area contributed by atoms with Crippen LogP contribution in [-0.2, 0) is 4.79 Å². The Morgan fingerprint density at radius 2 is 1.86 bits per heavy atom. The van der Waals surface area contributed by atoms with Crippen molar-refractivity contribution in [3.8, 4) is 0 Å². The number of rotatable bonds is 3. The number of anilines is 1. The number of carbonyl (C=O) groups is 1. The van der Waals surface area contributed by atoms with E-state index in [9.17, 15) is 4.79 Å². The molecule has 0 unspecified atom stereocenters. The lowest BCUT2D eigenvalue weighted by molar-refractivity contribution is -0.118. The molecule has 21 heavy (non-hydrogen) atoms. The largest absolute Gasteiger partial charge is 0.325 e. The third kappa shape index (κ3) is 3.65. The predicted molar refractivity (Wildman–Crippen MR) is 86.4 cm³/mol. The van der Waals surface area contributed by atoms with Crippen LogP contribution in [0.15, 0.2) is 24.3 Å². The van der Waals surface area contributed by atoms with E-state index < -0.39 is 0 Å². The molecule has 3 nitrogen and oxygen atoms in total. The Bertz CT molecular complexity index is 480. The molecule has 1 aromatic carbocycles. The lowest BCUT2D eigenvalue weighted by atomic mass is 9.78. The minimum Gasteiger partial charge on any atom is -0.325 e. The Hall–Kier alpha value is -1.35. The fraction of sp³-hybridized carbons (Fsp3) is 0.611. The summed E-state index contributed by atoms with van der Waals surface area (Å²) in [4.78, 5) is 14.7. The predicted octanol–water partition coefficient (Wildman–Crippen LogP) is 3.59. The molecule has 1 heterocycles. The van der Waals surface area contributed by atoms with Crippen LogP contribution in [0.25, 0.3) is 0 Å². The Labute approximate surface area is 127 Å². The van der Waals surface area contributed by atoms with E-state index in [2.05, 4.69) is 17.1 Å². The summed E-state index contributed by atoms with van der Waals surface area (Å²) in [6, 6.07) is 8.68. The second-order valence-electron chi connectivity index (χ2n) is 6.64. The number of benzene rings is 1. The van der Waals surface area contributed by atoms with E-state index in [1.54, 1.807) is 0 Å². The van der Waals surface area contributed by atoms with Crippen molar-refractivity contribution in [3.05, 3.63) is 29.8 Å². The van der Waals surface area contributed by atoms with Crippen molar-refractivity contribution in [2.75, 3.05) is 18.4 Å². The molecule has 1 aliphatic heterocycles. The Balaban J connectivity index is 1.57. The molecule has 2 aliphatic rings. The van der Waals surface area contributed by atoms with Crippen LogP contribution >= 0.6 is 0 Å². The van der Waals surface area contributed by atoms with Crippen molar-refractivity contribution in [1.82, 2.24) is 4.90 Å². The number of piperidine rings is 1. The van der Waals surface area contributed by atoms with Gasteiger partial charge in [-0.05, 0) is 57.2 Å². The van der Waals surface area contributed by atoms with E-state index in [0.29, 0.717) is 12.6 Å². The first-order valence-electron chi connectivity index (χ1n) is 8.33. The molecule has 2 atom stereocenters. The van der Waals surface area contributed by atoms with Crippen molar-refractivity contribution in [3.63, 3.8) is 0 Å². The molecule has 0 radical (unpaired) electrons. The van der Waals surface area contributed by atoms with E-state index in [1.165, 1.54) is 44.1 Å². The van der Waals surface area contributed by atoms with Gasteiger partial charge in [0.25, 0.3) is 0 Å². The molecule has 1 aromatic rings. The Morgan fingerprint density at radius 1 is 1.14 bits per heavy atom. The van der Waals surface area contributed by atoms with Gasteiger partial charge in [0.1, 0.15) is 0 Å². The van der Waals surface area contributed by atoms with Gasteiger partial charge in [0, 0.05) is 11.7 Å². The second kappa shape index (κ2) is 6.61. The van der Waals surface area contributed by atoms with Crippen molar-refractivity contribution in [2.24, 2.45) is 5.92 Å². The van der Waals surface area contributed by atoms with Crippen LogP contribution in [0.5, 0.6) is 0 Å². The first kappa shape index (κ1) is 14.6. The minimum absolute atomic E-state index is 0.130. The fourth-order valence-corrected chi connectivity index (χ4v) is 3.95. The minimum atomic E-state index is 0.130. The molecule has 1 saturated heterocycles. The Kier molecular flexibility index (Phi) is 4.59. The number of amides is 1. The van der Waals surface area contributed by atoms with Gasteiger partial charge < -0.3 is 5.32 Å². The average molecular weight is 286 g/mol. The van der Waals surface area contributed by atoms with E-state index >= 15 is 0 Å². The molecule has 1 aliphatic carbocycles. The van der Waals surface area contributed by atoms with Crippen LogP contribution in [0.3, 0.4) is 0 Å². The number of carbonyl (C=O) groups excluding carboxylic acids is 1. The van der Waals surface area contributed by atoms with Crippen LogP contribution in [0.2, 0.25) is 0 Å². The lowest BCUT2D eigenvalue weighted by Gasteiger charge is -2.43. The van der Waals surface area contributed by atoms with Crippen LogP contribution < -0.4 is 5.32 Å². The molecular formula is C18H26N2O. The smallest absolute Gasteiger partial charge is 0.238 e. The number of hydrogen-bond donors (Lipinski definition) is 1. The maximum atomic E-state index is 12.3. The summed E-state index contributed by atoms with van der Waals surface area (Å²) >= 11 is 0. The van der Waals surface area contributed by atoms with E-state index in [0.717, 1.165) is 18.2 Å². The van der Waals surface area contributed by atoms with Crippen LogP contribution in [0.4, 0.5) is 5.69 Å². The lowest BCUT2D eigenvalue weighted by Crippen LogP contribution is -2.49. The van der Waals surface area contributed by atoms with Crippen LogP contribution in [-0.4, -0.2) is 29.9 Å². The molecule has 3 rings (SSSR count). The molecule has 0 bridgehead atoms. The van der Waals surface area contributed by atoms with Gasteiger partial charge in [-0.25, -0.2) is 0 Å². The van der Waals surface area contributed by atoms with Gasteiger partial charge in [0.05, 0.1) is 6.54 Å². The van der Waals surface area contributed by atoms with Gasteiger partial charge in [0.2, 0.25) is 5.91 Å². The molecule has 1 saturated carbocycles. The zero-order valence-electron chi connectivity index (χ0n) is 13.0. The SMILES string of the molecule is Cc1ccc(NC(=O)CN2CCC[C@H]3CCCC[C@@H]32)cc1. The molecule has 0 spiro atoms. The number of nitrogens with zero attached hydrogens (tertiary/aromatic N) is 1. The summed E-state index contributed by atoms with van der Waals surface area (Å²) in [6.45, 7) is 3.69. The van der Waals surface area contributed by atoms with Crippen molar-refractivity contribution < 1.29 is 4.79 Å². The highest BCUT2D eigenvalue weighted by atomic mass is 16.2. The monoisotopic (exact) mass is 286 g/mol. The van der Waals surface area contributed by atoms with Gasteiger partial charge in [-0.15, -0.1) is 0 Å². The van der Waals surface area contributed by atoms with Crippen LogP contribution in [0.1, 0.15) is 44.1 Å². The van der Waals surface area contributed by atoms with Crippen molar-refractivity contribution >= 4 is 11.6 Å². The summed E-state index contributed by atoms with van der Waals surface area (Å²) in [7, 11) is 0. The summed E-state index contributed by atoms with van der Waals surface area (Å²) < 4.78 is 0. The maximum absolute atomic E-state index is 12.3. The first-order chi connectivity index (χ1) is 10.2. The standard InChI is InChI=1S/C18H26N2O/c1-14-8-10-16(11-9-14)19-18(21)13-20-12-4-6-15-5-2-3-7-17(15)20/h8-11,15,17H,2-7,12-13H2,1H3,(H,19,21)/t15-,17+/m1/s1. The number of hydrogen-bond acceptors (Lipinski definition) is 2. The summed E-state index contributed by atoms with van der Waals surface area (Å²) in [5.74, 6) is 0.963. The van der Waals surface area contributed by atoms with E-state index in [4.69, 9.17) is 0 Å². The van der Waals surface area contributed by atoms with Gasteiger partial charge in [0.15, 0.2) is 0 Å². The van der Waals surface area contributed by atoms with Gasteiger partial charge >= 0.3 is 0 Å². The summed E-state index contributed by atoms with van der Waals surface area (Å²) in [6.07, 6.45) is 7.96. The van der Waals surface area contributed by atoms with Gasteiger partial charge in [-0.3, -0.25) is 9.69 Å². The normalized spacial score (nSPS) is 26.1. The molecule has 3 heteroatoms. The zero-order chi connectivity index (χ0) is 14.7. The summed E-state index contributed by atoms with van der Waals surface area (Å²) in [5, 5.41) is 3.03. The molecule has 1 N–H and O–H groups in total. The average Bonchev–Trinajstić information content (AvgIpc) is 2.50. The molecule has 0 aromatic heterocycles. The number of nitrogens with one attached hydrogen (secondary N) is 1. The quantitative estimate of drug-likeness (QED) is 0.921. The molecule has 114 valence electrons. The summed E-state index contributed by atoms with van der Waals surface area (Å²) in [5.41, 5.74) is 2.12. The highest BCUT2D eigenvalue weighted by Gasteiger charge is 2.33. The molecule has 1 amide bonds. The Morgan fingerprint density at radius 3 is 2.67 bits per heavy atom. The van der Waals surface area contributed by atoms with Crippen LogP contribution in [0, 0.1) is 12.8 Å². The van der Waals surface area contributed by atoms with Gasteiger partial charge in [-0.2, -0.15) is 0 Å². The third-order valence-corrected chi connectivity index (χ3v) is 5.04. The maximum Gasteiger partial charge on any atom is 0.238 e. The second-order valence-corrected chi connectivity index (χ2v) is 6.64. The topological polar surface area (TPSA) is 32.3 Å². The molecule has 2 fully saturated rings. The third-order valence-electron chi connectivity index (χ3n) is 5.04. The number of likely N-dealkylation sites (tertiary alicyclic amines) is 1. The zero-order valence-corrected chi connectivity index (χ0v) is 13.0. The first-order valence-corrected chi connectivity index (χ1v) is 8.33. The number of fused-ring (bicyclic) bond motifs is 1. The molecular weight excluding hydrogens is 260 g/mol. The van der Waals surface area contributed by atoms with Gasteiger partial charge in [-0.1, -0.05) is 30.5 Å². The van der Waals surface area contributed by atoms with E-state index in [-0.39, 0.29) is 5.91 Å². The highest BCUT2D eigenvalue weighted by molar-refractivity contribution is 5.92. The number of aryl methyl sites for hydroxylation is 1. The van der Waals surface area contributed by atoms with E-state index in [1.807, 2.05) is 24.3 Å². The fourth-order valence-electron chi connectivity index (χ4n) is 3.95.